The van der Waals surface area contributed by atoms with E-state index in [0.29, 0.717) is 18.7 Å². The Hall–Kier alpha value is 0.190. The van der Waals surface area contributed by atoms with E-state index in [1.807, 2.05) is 6.92 Å². The fourth-order valence-electron chi connectivity index (χ4n) is 1.04. The zero-order valence-corrected chi connectivity index (χ0v) is 8.91. The average Bonchev–Trinajstić information content (AvgIpc) is 2.13. The van der Waals surface area contributed by atoms with Gasteiger partial charge in [0.25, 0.3) is 0 Å². The van der Waals surface area contributed by atoms with E-state index in [4.69, 9.17) is 16.2 Å². The van der Waals surface area contributed by atoms with Crippen molar-refractivity contribution < 1.29 is 9.84 Å². The third kappa shape index (κ3) is 6.29. The minimum Gasteiger partial charge on any atom is -0.392 e. The van der Waals surface area contributed by atoms with Crippen LogP contribution in [0.2, 0.25) is 0 Å². The molecule has 0 bridgehead atoms. The molecule has 0 amide bonds. The molecule has 0 radical (unpaired) electrons. The Kier molecular flexibility index (Phi) is 7.69. The van der Waals surface area contributed by atoms with Crippen LogP contribution < -0.4 is 11.5 Å². The van der Waals surface area contributed by atoms with Gasteiger partial charge in [-0.05, 0) is 6.92 Å². The van der Waals surface area contributed by atoms with Gasteiger partial charge in [-0.2, -0.15) is 12.6 Å². The van der Waals surface area contributed by atoms with Gasteiger partial charge < -0.3 is 21.3 Å². The molecular weight excluding hydrogens is 188 g/mol. The number of rotatable bonds is 7. The van der Waals surface area contributed by atoms with Crippen molar-refractivity contribution in [2.24, 2.45) is 11.5 Å². The third-order valence-corrected chi connectivity index (χ3v) is 2.17. The van der Waals surface area contributed by atoms with Gasteiger partial charge in [0.05, 0.1) is 18.3 Å². The molecular formula is C8H20N2O2S. The minimum absolute atomic E-state index is 0.0285. The number of aliphatic hydroxyl groups is 1. The number of aliphatic hydroxyl groups excluding tert-OH is 1. The molecule has 0 rings (SSSR count). The van der Waals surface area contributed by atoms with Crippen LogP contribution in [0.3, 0.4) is 0 Å². The zero-order chi connectivity index (χ0) is 10.3. The monoisotopic (exact) mass is 208 g/mol. The Morgan fingerprint density at radius 3 is 2.38 bits per heavy atom. The van der Waals surface area contributed by atoms with Gasteiger partial charge in [0.2, 0.25) is 0 Å². The molecule has 80 valence electrons. The molecule has 3 atom stereocenters. The van der Waals surface area contributed by atoms with Crippen LogP contribution in [0.25, 0.3) is 0 Å². The largest absolute Gasteiger partial charge is 0.392 e. The SMILES string of the molecule is C[C@H](C[C@@H](O)CN)O[C@H](CN)CS. The molecule has 13 heavy (non-hydrogen) atoms. The summed E-state index contributed by atoms with van der Waals surface area (Å²) in [5.41, 5.74) is 10.7. The first-order valence-electron chi connectivity index (χ1n) is 4.48. The van der Waals surface area contributed by atoms with Gasteiger partial charge in [-0.25, -0.2) is 0 Å². The van der Waals surface area contributed by atoms with E-state index in [-0.39, 0.29) is 18.8 Å². The molecule has 0 aliphatic heterocycles. The Morgan fingerprint density at radius 1 is 1.38 bits per heavy atom. The van der Waals surface area contributed by atoms with E-state index < -0.39 is 6.10 Å². The molecule has 0 fully saturated rings. The van der Waals surface area contributed by atoms with E-state index >= 15 is 0 Å². The molecule has 0 aliphatic rings. The lowest BCUT2D eigenvalue weighted by Crippen LogP contribution is -2.32. The predicted molar refractivity (Wildman–Crippen MR) is 56.9 cm³/mol. The summed E-state index contributed by atoms with van der Waals surface area (Å²) in [6.07, 6.45) is -0.0169. The minimum atomic E-state index is -0.492. The van der Waals surface area contributed by atoms with Crippen LogP contribution in [0, 0.1) is 0 Å². The summed E-state index contributed by atoms with van der Waals surface area (Å²) in [5.74, 6) is 0.597. The maximum absolute atomic E-state index is 9.23. The first kappa shape index (κ1) is 13.2. The van der Waals surface area contributed by atoms with Crippen molar-refractivity contribution in [2.45, 2.75) is 31.7 Å². The Morgan fingerprint density at radius 2 is 2.00 bits per heavy atom. The quantitative estimate of drug-likeness (QED) is 0.419. The smallest absolute Gasteiger partial charge is 0.0788 e. The normalized spacial score (nSPS) is 18.2. The lowest BCUT2D eigenvalue weighted by molar-refractivity contribution is -0.0103. The maximum atomic E-state index is 9.23. The summed E-state index contributed by atoms with van der Waals surface area (Å²) >= 11 is 4.09. The van der Waals surface area contributed by atoms with Gasteiger partial charge in [0.15, 0.2) is 0 Å². The van der Waals surface area contributed by atoms with Crippen molar-refractivity contribution in [1.82, 2.24) is 0 Å². The highest BCUT2D eigenvalue weighted by atomic mass is 32.1. The van der Waals surface area contributed by atoms with Crippen LogP contribution in [0.4, 0.5) is 0 Å². The molecule has 0 aromatic carbocycles. The molecule has 4 nitrogen and oxygen atoms in total. The molecule has 0 aromatic heterocycles. The predicted octanol–water partition coefficient (Wildman–Crippen LogP) is -0.642. The van der Waals surface area contributed by atoms with Gasteiger partial charge in [-0.1, -0.05) is 0 Å². The molecule has 0 aliphatic carbocycles. The van der Waals surface area contributed by atoms with Crippen molar-refractivity contribution in [3.05, 3.63) is 0 Å². The second-order valence-corrected chi connectivity index (χ2v) is 3.48. The Balaban J connectivity index is 3.65. The fraction of sp³-hybridized carbons (Fsp3) is 1.00. The van der Waals surface area contributed by atoms with Gasteiger partial charge in [0, 0.05) is 25.3 Å². The molecule has 0 heterocycles. The summed E-state index contributed by atoms with van der Waals surface area (Å²) < 4.78 is 5.50. The van der Waals surface area contributed by atoms with E-state index in [9.17, 15) is 5.11 Å². The van der Waals surface area contributed by atoms with Crippen LogP contribution >= 0.6 is 12.6 Å². The number of thiol groups is 1. The molecule has 0 saturated carbocycles. The van der Waals surface area contributed by atoms with E-state index in [1.165, 1.54) is 0 Å². The van der Waals surface area contributed by atoms with Crippen molar-refractivity contribution in [3.8, 4) is 0 Å². The van der Waals surface area contributed by atoms with Crippen molar-refractivity contribution in [1.29, 1.82) is 0 Å². The summed E-state index contributed by atoms with van der Waals surface area (Å²) in [4.78, 5) is 0. The van der Waals surface area contributed by atoms with Crippen molar-refractivity contribution in [2.75, 3.05) is 18.8 Å². The standard InChI is InChI=1S/C8H20N2O2S/c1-6(2-7(11)3-9)12-8(4-10)5-13/h6-8,11,13H,2-5,9-10H2,1H3/t6-,7-,8-/m1/s1. The number of nitrogens with two attached hydrogens (primary N) is 2. The van der Waals surface area contributed by atoms with E-state index in [0.717, 1.165) is 0 Å². The first-order valence-corrected chi connectivity index (χ1v) is 5.11. The Labute approximate surface area is 85.0 Å². The van der Waals surface area contributed by atoms with Gasteiger partial charge in [-0.3, -0.25) is 0 Å². The molecule has 0 unspecified atom stereocenters. The summed E-state index contributed by atoms with van der Waals surface area (Å²) in [6.45, 7) is 2.61. The third-order valence-electron chi connectivity index (χ3n) is 1.77. The average molecular weight is 208 g/mol. The van der Waals surface area contributed by atoms with Crippen LogP contribution in [-0.2, 0) is 4.74 Å². The van der Waals surface area contributed by atoms with Gasteiger partial charge >= 0.3 is 0 Å². The van der Waals surface area contributed by atoms with Gasteiger partial charge in [0.1, 0.15) is 0 Å². The number of hydrogen-bond acceptors (Lipinski definition) is 5. The van der Waals surface area contributed by atoms with E-state index in [1.54, 1.807) is 0 Å². The van der Waals surface area contributed by atoms with Crippen molar-refractivity contribution in [3.63, 3.8) is 0 Å². The van der Waals surface area contributed by atoms with E-state index in [2.05, 4.69) is 12.6 Å². The lowest BCUT2D eigenvalue weighted by Gasteiger charge is -2.21. The summed E-state index contributed by atoms with van der Waals surface area (Å²) in [6, 6.07) is 0. The van der Waals surface area contributed by atoms with Crippen molar-refractivity contribution >= 4 is 12.6 Å². The lowest BCUT2D eigenvalue weighted by atomic mass is 10.2. The highest BCUT2D eigenvalue weighted by Crippen LogP contribution is 2.05. The van der Waals surface area contributed by atoms with Crippen LogP contribution in [0.1, 0.15) is 13.3 Å². The maximum Gasteiger partial charge on any atom is 0.0788 e. The van der Waals surface area contributed by atoms with Gasteiger partial charge in [-0.15, -0.1) is 0 Å². The zero-order valence-electron chi connectivity index (χ0n) is 8.02. The fourth-order valence-corrected chi connectivity index (χ4v) is 1.27. The molecule has 5 N–H and O–H groups in total. The highest BCUT2D eigenvalue weighted by molar-refractivity contribution is 7.80. The number of hydrogen-bond donors (Lipinski definition) is 4. The summed E-state index contributed by atoms with van der Waals surface area (Å²) in [5, 5.41) is 9.23. The second kappa shape index (κ2) is 7.58. The highest BCUT2D eigenvalue weighted by Gasteiger charge is 2.13. The first-order chi connectivity index (χ1) is 6.13. The second-order valence-electron chi connectivity index (χ2n) is 3.11. The Bertz CT molecular complexity index is 123. The van der Waals surface area contributed by atoms with Crippen LogP contribution in [0.15, 0.2) is 0 Å². The summed E-state index contributed by atoms with van der Waals surface area (Å²) in [7, 11) is 0. The van der Waals surface area contributed by atoms with Crippen LogP contribution in [-0.4, -0.2) is 42.3 Å². The number of ether oxygens (including phenoxy) is 1. The van der Waals surface area contributed by atoms with Crippen LogP contribution in [0.5, 0.6) is 0 Å². The topological polar surface area (TPSA) is 81.5 Å². The molecule has 0 aromatic rings. The molecule has 0 spiro atoms. The molecule has 5 heteroatoms. The molecule has 0 saturated heterocycles.